The molecule has 7 nitrogen and oxygen atoms in total. The molecule has 0 fully saturated rings. The summed E-state index contributed by atoms with van der Waals surface area (Å²) < 4.78 is 36.7. The second-order valence-electron chi connectivity index (χ2n) is 6.75. The maximum absolute atomic E-state index is 13.3. The zero-order valence-corrected chi connectivity index (χ0v) is 16.4. The number of carbonyl (C=O) groups is 3. The van der Waals surface area contributed by atoms with Crippen molar-refractivity contribution in [3.8, 4) is 5.75 Å². The molecule has 0 aromatic heterocycles. The predicted octanol–water partition coefficient (Wildman–Crippen LogP) is 3.10. The highest BCUT2D eigenvalue weighted by atomic mass is 19.1. The maximum Gasteiger partial charge on any atom is 0.407 e. The number of alkyl carbamates (subject to hydrolysis) is 1. The molecule has 0 heterocycles. The molecule has 0 aliphatic heterocycles. The Morgan fingerprint density at radius 3 is 2.25 bits per heavy atom. The number of amides is 2. The number of unbranched alkanes of at least 4 members (excludes halogenated alkanes) is 2. The molecule has 3 N–H and O–H groups in total. The van der Waals surface area contributed by atoms with E-state index in [-0.39, 0.29) is 25.2 Å². The van der Waals surface area contributed by atoms with Crippen molar-refractivity contribution in [3.05, 3.63) is 29.8 Å². The number of primary amides is 1. The fourth-order valence-corrected chi connectivity index (χ4v) is 1.97. The van der Waals surface area contributed by atoms with E-state index in [4.69, 9.17) is 14.3 Å². The molecule has 0 saturated heterocycles. The van der Waals surface area contributed by atoms with Crippen LogP contribution in [0.5, 0.6) is 5.75 Å². The first-order valence-electron chi connectivity index (χ1n) is 8.81. The van der Waals surface area contributed by atoms with E-state index in [0.29, 0.717) is 19.4 Å². The molecule has 1 aromatic carbocycles. The van der Waals surface area contributed by atoms with Gasteiger partial charge in [-0.1, -0.05) is 12.5 Å². The van der Waals surface area contributed by atoms with Gasteiger partial charge in [-0.25, -0.2) is 13.6 Å². The van der Waals surface area contributed by atoms with Crippen molar-refractivity contribution < 1.29 is 32.6 Å². The quantitative estimate of drug-likeness (QED) is 0.487. The van der Waals surface area contributed by atoms with Crippen molar-refractivity contribution in [2.45, 2.75) is 52.1 Å². The van der Waals surface area contributed by atoms with Crippen molar-refractivity contribution >= 4 is 18.3 Å². The highest BCUT2D eigenvalue weighted by Crippen LogP contribution is 2.20. The lowest BCUT2D eigenvalue weighted by molar-refractivity contribution is -0.121. The summed E-state index contributed by atoms with van der Waals surface area (Å²) in [4.78, 5) is 31.7. The normalized spacial score (nSPS) is 10.3. The minimum Gasteiger partial charge on any atom is -0.480 e. The summed E-state index contributed by atoms with van der Waals surface area (Å²) >= 11 is 0. The molecule has 0 radical (unpaired) electrons. The van der Waals surface area contributed by atoms with E-state index in [2.05, 4.69) is 11.1 Å². The topological polar surface area (TPSA) is 108 Å². The van der Waals surface area contributed by atoms with E-state index in [1.807, 2.05) is 0 Å². The van der Waals surface area contributed by atoms with Crippen LogP contribution in [0.15, 0.2) is 18.2 Å². The number of benzene rings is 1. The Hall–Kier alpha value is -2.71. The number of ketones is 1. The monoisotopic (exact) mass is 402 g/mol. The lowest BCUT2D eigenvalue weighted by Gasteiger charge is -2.19. The highest BCUT2D eigenvalue weighted by Gasteiger charge is 2.15. The Labute approximate surface area is 163 Å². The Morgan fingerprint density at radius 1 is 1.14 bits per heavy atom. The van der Waals surface area contributed by atoms with E-state index >= 15 is 0 Å². The van der Waals surface area contributed by atoms with Crippen LogP contribution in [0.1, 0.15) is 46.5 Å². The average molecular weight is 402 g/mol. The second-order valence-corrected chi connectivity index (χ2v) is 6.75. The molecule has 1 aromatic rings. The van der Waals surface area contributed by atoms with Crippen LogP contribution in [0.3, 0.4) is 0 Å². The summed E-state index contributed by atoms with van der Waals surface area (Å²) in [5, 5.41) is 2.63. The molecule has 158 valence electrons. The van der Waals surface area contributed by atoms with Crippen LogP contribution in [-0.4, -0.2) is 37.0 Å². The summed E-state index contributed by atoms with van der Waals surface area (Å²) in [7, 11) is 0. The van der Waals surface area contributed by atoms with Gasteiger partial charge in [0.05, 0.1) is 0 Å². The molecule has 0 bridgehead atoms. The first-order valence-corrected chi connectivity index (χ1v) is 8.81. The summed E-state index contributed by atoms with van der Waals surface area (Å²) in [6.45, 7) is 5.45. The lowest BCUT2D eigenvalue weighted by Crippen LogP contribution is -2.33. The Kier molecular flexibility index (Phi) is 12.2. The van der Waals surface area contributed by atoms with Gasteiger partial charge in [-0.15, -0.1) is 0 Å². The van der Waals surface area contributed by atoms with E-state index in [1.54, 1.807) is 20.8 Å². The van der Waals surface area contributed by atoms with Crippen molar-refractivity contribution in [2.75, 3.05) is 13.2 Å². The fourth-order valence-electron chi connectivity index (χ4n) is 1.97. The smallest absolute Gasteiger partial charge is 0.407 e. The minimum atomic E-state index is -0.832. The summed E-state index contributed by atoms with van der Waals surface area (Å²) in [6, 6.07) is 3.37. The number of para-hydroxylation sites is 1. The first kappa shape index (κ1) is 25.3. The molecule has 0 unspecified atom stereocenters. The van der Waals surface area contributed by atoms with Crippen LogP contribution in [-0.2, 0) is 14.3 Å². The minimum absolute atomic E-state index is 0.234. The summed E-state index contributed by atoms with van der Waals surface area (Å²) in [5.41, 5.74) is 3.63. The van der Waals surface area contributed by atoms with Gasteiger partial charge < -0.3 is 20.5 Å². The second kappa shape index (κ2) is 13.5. The molecular formula is C19H28F2N2O5. The average Bonchev–Trinajstić information content (AvgIpc) is 2.56. The van der Waals surface area contributed by atoms with E-state index in [9.17, 15) is 18.4 Å². The number of carbonyl (C=O) groups excluding carboxylic acids is 3. The summed E-state index contributed by atoms with van der Waals surface area (Å²) in [5.74, 6) is -2.43. The number of hydrogen-bond donors (Lipinski definition) is 2. The SMILES string of the molecule is CC(C)(C)OC(=O)NCCCCCC(=O)COc1c(F)cccc1F.NC=O. The largest absolute Gasteiger partial charge is 0.480 e. The molecule has 0 spiro atoms. The molecule has 1 rings (SSSR count). The Morgan fingerprint density at radius 2 is 1.71 bits per heavy atom. The fraction of sp³-hybridized carbons (Fsp3) is 0.526. The zero-order valence-electron chi connectivity index (χ0n) is 16.4. The Bertz CT molecular complexity index is 613. The highest BCUT2D eigenvalue weighted by molar-refractivity contribution is 5.79. The molecule has 9 heteroatoms. The molecule has 0 aliphatic rings. The van der Waals surface area contributed by atoms with E-state index in [0.717, 1.165) is 18.6 Å². The van der Waals surface area contributed by atoms with Gasteiger partial charge in [-0.05, 0) is 45.7 Å². The number of Topliss-reactive ketones (excluding diaryl/α,β-unsaturated/α-hetero) is 1. The van der Waals surface area contributed by atoms with Gasteiger partial charge >= 0.3 is 6.09 Å². The van der Waals surface area contributed by atoms with Crippen LogP contribution in [0, 0.1) is 11.6 Å². The van der Waals surface area contributed by atoms with Crippen LogP contribution in [0.25, 0.3) is 0 Å². The molecule has 0 saturated carbocycles. The van der Waals surface area contributed by atoms with Gasteiger partial charge in [0.25, 0.3) is 0 Å². The number of nitrogens with one attached hydrogen (secondary N) is 1. The summed E-state index contributed by atoms with van der Waals surface area (Å²) in [6.07, 6.45) is 2.08. The van der Waals surface area contributed by atoms with Gasteiger partial charge in [0.2, 0.25) is 6.41 Å². The van der Waals surface area contributed by atoms with Crippen molar-refractivity contribution in [3.63, 3.8) is 0 Å². The van der Waals surface area contributed by atoms with Crippen LogP contribution < -0.4 is 15.8 Å². The van der Waals surface area contributed by atoms with Gasteiger partial charge in [0, 0.05) is 13.0 Å². The lowest BCUT2D eigenvalue weighted by atomic mass is 10.1. The van der Waals surface area contributed by atoms with E-state index in [1.165, 1.54) is 6.07 Å². The zero-order chi connectivity index (χ0) is 21.6. The number of rotatable bonds is 9. The van der Waals surface area contributed by atoms with Crippen LogP contribution >= 0.6 is 0 Å². The van der Waals surface area contributed by atoms with Gasteiger partial charge in [0.1, 0.15) is 12.2 Å². The molecule has 0 aliphatic carbocycles. The number of halogens is 2. The maximum atomic E-state index is 13.3. The van der Waals surface area contributed by atoms with Gasteiger partial charge in [-0.2, -0.15) is 0 Å². The van der Waals surface area contributed by atoms with Crippen molar-refractivity contribution in [1.82, 2.24) is 5.32 Å². The standard InChI is InChI=1S/C18H25F2NO4.CH3NO/c1-18(2,3)25-17(23)21-11-6-4-5-8-13(22)12-24-16-14(19)9-7-10-15(16)20;2-1-3/h7,9-10H,4-6,8,11-12H2,1-3H3,(H,21,23);1H,(H2,2,3). The van der Waals surface area contributed by atoms with Crippen molar-refractivity contribution in [1.29, 1.82) is 0 Å². The number of ether oxygens (including phenoxy) is 2. The number of nitrogens with two attached hydrogens (primary N) is 1. The van der Waals surface area contributed by atoms with Gasteiger partial charge in [-0.3, -0.25) is 9.59 Å². The van der Waals surface area contributed by atoms with Crippen LogP contribution in [0.2, 0.25) is 0 Å². The third-order valence-corrected chi connectivity index (χ3v) is 3.10. The third-order valence-electron chi connectivity index (χ3n) is 3.10. The predicted molar refractivity (Wildman–Crippen MR) is 99.8 cm³/mol. The third kappa shape index (κ3) is 12.6. The van der Waals surface area contributed by atoms with E-state index < -0.39 is 29.1 Å². The van der Waals surface area contributed by atoms with Crippen LogP contribution in [0.4, 0.5) is 13.6 Å². The van der Waals surface area contributed by atoms with Crippen molar-refractivity contribution in [2.24, 2.45) is 5.73 Å². The number of hydrogen-bond acceptors (Lipinski definition) is 5. The Balaban J connectivity index is 0.00000227. The molecule has 0 atom stereocenters. The molecule has 28 heavy (non-hydrogen) atoms. The van der Waals surface area contributed by atoms with Gasteiger partial charge in [0.15, 0.2) is 23.2 Å². The molecular weight excluding hydrogens is 374 g/mol. The molecule has 2 amide bonds. The first-order chi connectivity index (χ1) is 13.1.